The van der Waals surface area contributed by atoms with Gasteiger partial charge in [0.2, 0.25) is 17.7 Å². The number of alkyl carbamates (subject to hydrolysis) is 1. The second-order valence-corrected chi connectivity index (χ2v) is 12.7. The maximum Gasteiger partial charge on any atom is 0.421 e. The minimum atomic E-state index is -4.11. The maximum atomic E-state index is 12.0. The molecule has 0 aromatic heterocycles. The highest BCUT2D eigenvalue weighted by atomic mass is 32.2. The lowest BCUT2D eigenvalue weighted by molar-refractivity contribution is -0.145. The summed E-state index contributed by atoms with van der Waals surface area (Å²) in [4.78, 5) is 69.6. The minimum absolute atomic E-state index is 0.0115. The highest BCUT2D eigenvalue weighted by molar-refractivity contribution is 7.88. The van der Waals surface area contributed by atoms with Crippen LogP contribution in [0, 0.1) is 29.6 Å². The standard InChI is InChI=1S/C30H49N7O13S/c31-18-25(38)34-20-27(40)35-19-26(39)32-9-10-33-29(42)49-17-15-47-14-16-48-28(41)8-5-12-46-13-11-36-51(44,45)37-30(43)50-21-24-22-6-3-1-2-4-7-23(22)24/h22-24,36H,3-21,31H2,(H,32,39)(H,33,42)(H,34,38)(H,35,40)(H,37,43)/t22-,23+,24?. The summed E-state index contributed by atoms with van der Waals surface area (Å²) in [5.41, 5.74) is 5.10. The smallest absolute Gasteiger partial charge is 0.421 e. The monoisotopic (exact) mass is 747 g/mol. The van der Waals surface area contributed by atoms with Crippen LogP contribution in [0.1, 0.15) is 38.5 Å². The Balaban J connectivity index is 1.34. The van der Waals surface area contributed by atoms with Gasteiger partial charge in [-0.15, -0.1) is 11.8 Å². The molecule has 51 heavy (non-hydrogen) atoms. The van der Waals surface area contributed by atoms with Crippen LogP contribution in [0.4, 0.5) is 9.59 Å². The van der Waals surface area contributed by atoms with Crippen molar-refractivity contribution in [1.82, 2.24) is 30.7 Å². The van der Waals surface area contributed by atoms with E-state index in [-0.39, 0.29) is 97.9 Å². The van der Waals surface area contributed by atoms with Crippen molar-refractivity contribution in [3.8, 4) is 11.8 Å². The third kappa shape index (κ3) is 20.9. The first-order valence-electron chi connectivity index (χ1n) is 16.6. The van der Waals surface area contributed by atoms with Gasteiger partial charge in [-0.3, -0.25) is 19.2 Å². The Morgan fingerprint density at radius 1 is 0.667 bits per heavy atom. The number of nitrogens with two attached hydrogens (primary N) is 1. The summed E-state index contributed by atoms with van der Waals surface area (Å²) in [5.74, 6) is 5.37. The molecule has 1 fully saturated rings. The molecule has 0 saturated heterocycles. The molecular weight excluding hydrogens is 698 g/mol. The van der Waals surface area contributed by atoms with Crippen LogP contribution < -0.4 is 36.4 Å². The third-order valence-corrected chi connectivity index (χ3v) is 8.44. The van der Waals surface area contributed by atoms with Gasteiger partial charge in [-0.05, 0) is 37.0 Å². The second-order valence-electron chi connectivity index (χ2n) is 11.2. The molecule has 0 radical (unpaired) electrons. The number of ether oxygens (including phenoxy) is 5. The molecule has 20 nitrogen and oxygen atoms in total. The Morgan fingerprint density at radius 2 is 1.27 bits per heavy atom. The predicted octanol–water partition coefficient (Wildman–Crippen LogP) is -2.62. The summed E-state index contributed by atoms with van der Waals surface area (Å²) >= 11 is 0. The first-order valence-corrected chi connectivity index (χ1v) is 18.1. The Hall–Kier alpha value is -4.23. The molecule has 3 atom stereocenters. The molecule has 2 aliphatic carbocycles. The number of hydrogen-bond donors (Lipinski definition) is 7. The van der Waals surface area contributed by atoms with Gasteiger partial charge in [-0.2, -0.15) is 13.1 Å². The Labute approximate surface area is 296 Å². The summed E-state index contributed by atoms with van der Waals surface area (Å²) in [5, 5.41) is 9.45. The van der Waals surface area contributed by atoms with Gasteiger partial charge in [0.1, 0.15) is 13.2 Å². The zero-order chi connectivity index (χ0) is 37.3. The van der Waals surface area contributed by atoms with Gasteiger partial charge < -0.3 is 50.7 Å². The fourth-order valence-electron chi connectivity index (χ4n) is 4.85. The molecule has 0 aromatic rings. The highest BCUT2D eigenvalue weighted by Crippen LogP contribution is 2.52. The van der Waals surface area contributed by atoms with Gasteiger partial charge in [0.15, 0.2) is 0 Å². The van der Waals surface area contributed by atoms with E-state index in [1.54, 1.807) is 0 Å². The minimum Gasteiger partial charge on any atom is -0.463 e. The highest BCUT2D eigenvalue weighted by Gasteiger charge is 2.49. The Morgan fingerprint density at radius 3 is 1.96 bits per heavy atom. The molecule has 0 aliphatic heterocycles. The molecule has 0 bridgehead atoms. The van der Waals surface area contributed by atoms with E-state index in [9.17, 15) is 37.2 Å². The van der Waals surface area contributed by atoms with E-state index in [0.717, 1.165) is 25.7 Å². The molecule has 8 N–H and O–H groups in total. The maximum absolute atomic E-state index is 12.0. The van der Waals surface area contributed by atoms with Gasteiger partial charge in [0.25, 0.3) is 0 Å². The summed E-state index contributed by atoms with van der Waals surface area (Å²) < 4.78 is 53.7. The molecule has 1 saturated carbocycles. The number of carbonyl (C=O) groups excluding carboxylic acids is 6. The van der Waals surface area contributed by atoms with Crippen molar-refractivity contribution in [3.63, 3.8) is 0 Å². The van der Waals surface area contributed by atoms with E-state index in [0.29, 0.717) is 18.3 Å². The van der Waals surface area contributed by atoms with E-state index >= 15 is 0 Å². The van der Waals surface area contributed by atoms with Crippen LogP contribution in [0.15, 0.2) is 0 Å². The number of esters is 1. The average Bonchev–Trinajstić information content (AvgIpc) is 3.74. The quantitative estimate of drug-likeness (QED) is 0.0218. The second kappa shape index (κ2) is 24.8. The lowest BCUT2D eigenvalue weighted by Crippen LogP contribution is -2.44. The van der Waals surface area contributed by atoms with Crippen LogP contribution in [0.3, 0.4) is 0 Å². The molecule has 0 heterocycles. The number of hydrogen-bond acceptors (Lipinski definition) is 14. The van der Waals surface area contributed by atoms with E-state index in [4.69, 9.17) is 29.4 Å². The molecule has 21 heteroatoms. The molecule has 2 aliphatic rings. The zero-order valence-electron chi connectivity index (χ0n) is 28.5. The Kier molecular flexibility index (Phi) is 20.9. The van der Waals surface area contributed by atoms with E-state index in [1.807, 2.05) is 4.72 Å². The van der Waals surface area contributed by atoms with Crippen LogP contribution in [-0.2, 0) is 53.1 Å². The van der Waals surface area contributed by atoms with Crippen LogP contribution in [0.2, 0.25) is 0 Å². The fourth-order valence-corrected chi connectivity index (χ4v) is 5.56. The molecule has 0 spiro atoms. The first-order chi connectivity index (χ1) is 24.5. The molecular formula is C30H49N7O13S. The van der Waals surface area contributed by atoms with Crippen molar-refractivity contribution in [1.29, 1.82) is 0 Å². The van der Waals surface area contributed by atoms with E-state index < -0.39 is 46.1 Å². The third-order valence-electron chi connectivity index (χ3n) is 7.42. The van der Waals surface area contributed by atoms with Crippen LogP contribution >= 0.6 is 0 Å². The van der Waals surface area contributed by atoms with Gasteiger partial charge in [-0.1, -0.05) is 0 Å². The number of fused-ring (bicyclic) bond motifs is 1. The molecule has 0 aromatic carbocycles. The predicted molar refractivity (Wildman–Crippen MR) is 177 cm³/mol. The number of carbonyl (C=O) groups is 6. The van der Waals surface area contributed by atoms with Crippen molar-refractivity contribution in [2.24, 2.45) is 23.5 Å². The van der Waals surface area contributed by atoms with Gasteiger partial charge in [0, 0.05) is 45.5 Å². The largest absolute Gasteiger partial charge is 0.463 e. The fraction of sp³-hybridized carbons (Fsp3) is 0.733. The van der Waals surface area contributed by atoms with Crippen LogP contribution in [0.5, 0.6) is 0 Å². The number of rotatable bonds is 25. The molecule has 288 valence electrons. The topological polar surface area (TPSA) is 281 Å². The van der Waals surface area contributed by atoms with Gasteiger partial charge in [0.05, 0.1) is 46.1 Å². The average molecular weight is 748 g/mol. The van der Waals surface area contributed by atoms with Crippen LogP contribution in [-0.4, -0.2) is 130 Å². The van der Waals surface area contributed by atoms with Crippen molar-refractivity contribution < 1.29 is 60.9 Å². The summed E-state index contributed by atoms with van der Waals surface area (Å²) in [6, 6.07) is 0. The normalized spacial score (nSPS) is 17.5. The number of nitrogens with one attached hydrogen (secondary N) is 6. The SMILES string of the molecule is NCC(=O)NCC(=O)NCC(=O)NCCNC(=O)OCCOCCOC(=O)CCCOCCNS(=O)(=O)NC(=O)OCC1[C@H]2CCC#CCC[C@@H]12. The van der Waals surface area contributed by atoms with Crippen molar-refractivity contribution in [3.05, 3.63) is 0 Å². The zero-order valence-corrected chi connectivity index (χ0v) is 29.3. The van der Waals surface area contributed by atoms with Gasteiger partial charge >= 0.3 is 28.4 Å². The summed E-state index contributed by atoms with van der Waals surface area (Å²) in [6.07, 6.45) is 2.24. The van der Waals surface area contributed by atoms with Gasteiger partial charge in [-0.25, -0.2) is 14.3 Å². The van der Waals surface area contributed by atoms with E-state index in [1.165, 1.54) is 0 Å². The van der Waals surface area contributed by atoms with Crippen molar-refractivity contribution in [2.75, 3.05) is 85.5 Å². The van der Waals surface area contributed by atoms with Crippen molar-refractivity contribution >= 4 is 46.1 Å². The molecule has 2 rings (SSSR count). The van der Waals surface area contributed by atoms with Crippen LogP contribution in [0.25, 0.3) is 0 Å². The van der Waals surface area contributed by atoms with Crippen molar-refractivity contribution in [2.45, 2.75) is 38.5 Å². The molecule has 5 amide bonds. The summed E-state index contributed by atoms with van der Waals surface area (Å²) in [6.45, 7) is -0.384. The molecule has 1 unspecified atom stereocenters. The Bertz CT molecular complexity index is 1300. The number of amides is 5. The lowest BCUT2D eigenvalue weighted by atomic mass is 10.1. The summed E-state index contributed by atoms with van der Waals surface area (Å²) in [7, 11) is -4.11. The first kappa shape index (κ1) is 42.9. The van der Waals surface area contributed by atoms with E-state index in [2.05, 4.69) is 37.8 Å². The lowest BCUT2D eigenvalue weighted by Gasteiger charge is -2.10.